The predicted octanol–water partition coefficient (Wildman–Crippen LogP) is 4.07. The van der Waals surface area contributed by atoms with Crippen LogP contribution < -0.4 is 15.5 Å². The van der Waals surface area contributed by atoms with Gasteiger partial charge in [0.2, 0.25) is 0 Å². The van der Waals surface area contributed by atoms with Gasteiger partial charge in [0.15, 0.2) is 5.96 Å². The Balaban J connectivity index is 0.00000256. The lowest BCUT2D eigenvalue weighted by atomic mass is 10.1. The maximum Gasteiger partial charge on any atom is 0.191 e. The number of guanidine groups is 1. The SMILES string of the molecule is CN=C(NCc1nccc2ccccc12)NC1CCN(c2c(F)cccc2F)C1.I. The lowest BCUT2D eigenvalue weighted by molar-refractivity contribution is 0.576. The van der Waals surface area contributed by atoms with Crippen LogP contribution in [-0.2, 0) is 6.54 Å². The summed E-state index contributed by atoms with van der Waals surface area (Å²) in [4.78, 5) is 10.5. The minimum absolute atomic E-state index is 0. The quantitative estimate of drug-likeness (QED) is 0.308. The van der Waals surface area contributed by atoms with Crippen molar-refractivity contribution in [3.05, 3.63) is 72.1 Å². The molecule has 1 aromatic heterocycles. The third-order valence-electron chi connectivity index (χ3n) is 5.19. The molecule has 4 rings (SSSR count). The fraction of sp³-hybridized carbons (Fsp3) is 0.273. The predicted molar refractivity (Wildman–Crippen MR) is 127 cm³/mol. The van der Waals surface area contributed by atoms with Crippen LogP contribution in [0.1, 0.15) is 12.1 Å². The van der Waals surface area contributed by atoms with E-state index in [2.05, 4.69) is 26.7 Å². The topological polar surface area (TPSA) is 52.6 Å². The molecule has 0 radical (unpaired) electrons. The lowest BCUT2D eigenvalue weighted by Crippen LogP contribution is -2.44. The van der Waals surface area contributed by atoms with Crippen molar-refractivity contribution in [1.29, 1.82) is 0 Å². The van der Waals surface area contributed by atoms with Crippen LogP contribution in [0.2, 0.25) is 0 Å². The van der Waals surface area contributed by atoms with Crippen molar-refractivity contribution in [2.24, 2.45) is 4.99 Å². The summed E-state index contributed by atoms with van der Waals surface area (Å²) < 4.78 is 28.1. The second-order valence-corrected chi connectivity index (χ2v) is 7.05. The van der Waals surface area contributed by atoms with Crippen LogP contribution in [0, 0.1) is 11.6 Å². The number of benzene rings is 2. The van der Waals surface area contributed by atoms with Gasteiger partial charge in [-0.15, -0.1) is 24.0 Å². The molecule has 0 amide bonds. The Morgan fingerprint density at radius 1 is 1.13 bits per heavy atom. The molecule has 30 heavy (non-hydrogen) atoms. The number of halogens is 3. The average molecular weight is 523 g/mol. The highest BCUT2D eigenvalue weighted by Gasteiger charge is 2.27. The molecule has 0 aliphatic carbocycles. The normalized spacial score (nSPS) is 16.4. The van der Waals surface area contributed by atoms with E-state index in [4.69, 9.17) is 0 Å². The van der Waals surface area contributed by atoms with Crippen LogP contribution in [0.3, 0.4) is 0 Å². The molecular formula is C22H24F2IN5. The van der Waals surface area contributed by atoms with Gasteiger partial charge in [-0.25, -0.2) is 8.78 Å². The zero-order chi connectivity index (χ0) is 20.2. The van der Waals surface area contributed by atoms with E-state index in [1.807, 2.05) is 24.3 Å². The molecule has 2 N–H and O–H groups in total. The van der Waals surface area contributed by atoms with Crippen molar-refractivity contribution in [2.75, 3.05) is 25.0 Å². The Morgan fingerprint density at radius 2 is 1.90 bits per heavy atom. The van der Waals surface area contributed by atoms with Crippen molar-refractivity contribution in [1.82, 2.24) is 15.6 Å². The Kier molecular flexibility index (Phi) is 7.41. The zero-order valence-corrected chi connectivity index (χ0v) is 18.9. The largest absolute Gasteiger partial charge is 0.365 e. The van der Waals surface area contributed by atoms with E-state index in [9.17, 15) is 8.78 Å². The summed E-state index contributed by atoms with van der Waals surface area (Å²) in [5.74, 6) is -0.425. The number of nitrogens with zero attached hydrogens (tertiary/aromatic N) is 3. The van der Waals surface area contributed by atoms with E-state index in [0.29, 0.717) is 25.6 Å². The molecule has 0 saturated carbocycles. The van der Waals surface area contributed by atoms with Crippen molar-refractivity contribution < 1.29 is 8.78 Å². The molecule has 158 valence electrons. The average Bonchev–Trinajstić information content (AvgIpc) is 3.19. The summed E-state index contributed by atoms with van der Waals surface area (Å²) in [5, 5.41) is 8.88. The first-order chi connectivity index (χ1) is 14.2. The number of fused-ring (bicyclic) bond motifs is 1. The number of aliphatic imine (C=N–C) groups is 1. The maximum absolute atomic E-state index is 14.0. The fourth-order valence-electron chi connectivity index (χ4n) is 3.75. The molecule has 0 spiro atoms. The van der Waals surface area contributed by atoms with Crippen molar-refractivity contribution >= 4 is 46.4 Å². The van der Waals surface area contributed by atoms with E-state index in [1.54, 1.807) is 18.1 Å². The van der Waals surface area contributed by atoms with E-state index < -0.39 is 11.6 Å². The number of aromatic nitrogens is 1. The van der Waals surface area contributed by atoms with E-state index >= 15 is 0 Å². The highest BCUT2D eigenvalue weighted by atomic mass is 127. The molecule has 0 bridgehead atoms. The summed E-state index contributed by atoms with van der Waals surface area (Å²) in [6, 6.07) is 14.1. The van der Waals surface area contributed by atoms with Gasteiger partial charge in [-0.05, 0) is 30.0 Å². The van der Waals surface area contributed by atoms with E-state index in [-0.39, 0.29) is 35.7 Å². The first-order valence-electron chi connectivity index (χ1n) is 9.64. The van der Waals surface area contributed by atoms with Crippen molar-refractivity contribution in [3.63, 3.8) is 0 Å². The first-order valence-corrected chi connectivity index (χ1v) is 9.64. The van der Waals surface area contributed by atoms with Crippen LogP contribution in [0.5, 0.6) is 0 Å². The smallest absolute Gasteiger partial charge is 0.191 e. The molecule has 1 saturated heterocycles. The summed E-state index contributed by atoms with van der Waals surface area (Å²) in [5.41, 5.74) is 0.979. The number of anilines is 1. The minimum atomic E-state index is -0.532. The lowest BCUT2D eigenvalue weighted by Gasteiger charge is -2.21. The summed E-state index contributed by atoms with van der Waals surface area (Å²) in [6.45, 7) is 1.61. The first kappa shape index (κ1) is 22.2. The van der Waals surface area contributed by atoms with Crippen LogP contribution in [0.25, 0.3) is 10.8 Å². The summed E-state index contributed by atoms with van der Waals surface area (Å²) in [7, 11) is 1.70. The van der Waals surface area contributed by atoms with Gasteiger partial charge < -0.3 is 15.5 Å². The molecule has 2 aromatic carbocycles. The molecule has 2 heterocycles. The van der Waals surface area contributed by atoms with Crippen LogP contribution >= 0.6 is 24.0 Å². The highest BCUT2D eigenvalue weighted by molar-refractivity contribution is 14.0. The van der Waals surface area contributed by atoms with E-state index in [0.717, 1.165) is 22.9 Å². The Labute approximate surface area is 191 Å². The number of rotatable bonds is 4. The molecule has 3 aromatic rings. The van der Waals surface area contributed by atoms with Crippen LogP contribution in [0.15, 0.2) is 59.7 Å². The number of nitrogens with one attached hydrogen (secondary N) is 2. The molecule has 5 nitrogen and oxygen atoms in total. The van der Waals surface area contributed by atoms with Crippen molar-refractivity contribution in [2.45, 2.75) is 19.0 Å². The monoisotopic (exact) mass is 523 g/mol. The molecule has 1 aliphatic heterocycles. The number of para-hydroxylation sites is 1. The van der Waals surface area contributed by atoms with Crippen LogP contribution in [-0.4, -0.2) is 37.1 Å². The molecule has 1 unspecified atom stereocenters. The summed E-state index contributed by atoms with van der Waals surface area (Å²) >= 11 is 0. The Morgan fingerprint density at radius 3 is 2.67 bits per heavy atom. The molecule has 1 atom stereocenters. The third kappa shape index (κ3) is 4.80. The van der Waals surface area contributed by atoms with Gasteiger partial charge in [-0.3, -0.25) is 9.98 Å². The molecule has 8 heteroatoms. The Hall–Kier alpha value is -2.49. The summed E-state index contributed by atoms with van der Waals surface area (Å²) in [6.07, 6.45) is 2.56. The van der Waals surface area contributed by atoms with Gasteiger partial charge in [0.25, 0.3) is 0 Å². The standard InChI is InChI=1S/C22H23F2N5.HI/c1-25-22(27-13-20-17-6-3-2-5-15(17)9-11-26-20)28-16-10-12-29(14-16)21-18(23)7-4-8-19(21)24;/h2-9,11,16H,10,12-14H2,1H3,(H2,25,27,28);1H. The van der Waals surface area contributed by atoms with Gasteiger partial charge in [-0.2, -0.15) is 0 Å². The second-order valence-electron chi connectivity index (χ2n) is 7.05. The third-order valence-corrected chi connectivity index (χ3v) is 5.19. The van der Waals surface area contributed by atoms with E-state index in [1.165, 1.54) is 18.2 Å². The number of pyridine rings is 1. The van der Waals surface area contributed by atoms with Crippen molar-refractivity contribution in [3.8, 4) is 0 Å². The molecule has 1 aliphatic rings. The van der Waals surface area contributed by atoms with Crippen LogP contribution in [0.4, 0.5) is 14.5 Å². The molecule has 1 fully saturated rings. The number of hydrogen-bond donors (Lipinski definition) is 2. The van der Waals surface area contributed by atoms with Gasteiger partial charge in [-0.1, -0.05) is 30.3 Å². The maximum atomic E-state index is 14.0. The van der Waals surface area contributed by atoms with Gasteiger partial charge in [0.05, 0.1) is 12.2 Å². The van der Waals surface area contributed by atoms with Gasteiger partial charge in [0.1, 0.15) is 17.3 Å². The number of hydrogen-bond acceptors (Lipinski definition) is 3. The minimum Gasteiger partial charge on any atom is -0.365 e. The molecular weight excluding hydrogens is 499 g/mol. The second kappa shape index (κ2) is 10.0. The van der Waals surface area contributed by atoms with Gasteiger partial charge in [0, 0.05) is 37.8 Å². The van der Waals surface area contributed by atoms with Gasteiger partial charge >= 0.3 is 0 Å². The Bertz CT molecular complexity index is 1020. The fourth-order valence-corrected chi connectivity index (χ4v) is 3.75. The highest BCUT2D eigenvalue weighted by Crippen LogP contribution is 2.26. The zero-order valence-electron chi connectivity index (χ0n) is 16.6.